The summed E-state index contributed by atoms with van der Waals surface area (Å²) >= 11 is 0. The summed E-state index contributed by atoms with van der Waals surface area (Å²) in [6.07, 6.45) is -6.15. The van der Waals surface area contributed by atoms with Crippen LogP contribution in [-0.4, -0.2) is 98.6 Å². The molecular formula is C22H26FN9O10P2. The highest BCUT2D eigenvalue weighted by atomic mass is 31.2. The summed E-state index contributed by atoms with van der Waals surface area (Å²) < 4.78 is 74.6. The van der Waals surface area contributed by atoms with Crippen molar-refractivity contribution in [3.63, 3.8) is 0 Å². The number of phosphoric ester groups is 1. The summed E-state index contributed by atoms with van der Waals surface area (Å²) in [6.45, 7) is 0.351. The Morgan fingerprint density at radius 3 is 2.50 bits per heavy atom. The number of hydrogen-bond acceptors (Lipinski definition) is 15. The molecule has 44 heavy (non-hydrogen) atoms. The van der Waals surface area contributed by atoms with E-state index in [4.69, 9.17) is 28.6 Å². The van der Waals surface area contributed by atoms with Crippen molar-refractivity contribution >= 4 is 43.6 Å². The van der Waals surface area contributed by atoms with E-state index in [1.54, 1.807) is 0 Å². The molecule has 0 radical (unpaired) electrons. The maximum absolute atomic E-state index is 16.0. The maximum atomic E-state index is 16.0. The number of ether oxygens (including phenoxy) is 1. The van der Waals surface area contributed by atoms with Gasteiger partial charge in [0.2, 0.25) is 0 Å². The third-order valence-electron chi connectivity index (χ3n) is 7.80. The van der Waals surface area contributed by atoms with E-state index in [-0.39, 0.29) is 34.6 Å². The number of alkyl halides is 1. The zero-order chi connectivity index (χ0) is 31.1. The van der Waals surface area contributed by atoms with Gasteiger partial charge in [-0.1, -0.05) is 0 Å². The van der Waals surface area contributed by atoms with Crippen molar-refractivity contribution in [3.8, 4) is 0 Å². The number of aliphatic hydroxyl groups is 1. The van der Waals surface area contributed by atoms with Crippen molar-refractivity contribution < 1.29 is 46.4 Å². The highest BCUT2D eigenvalue weighted by Gasteiger charge is 2.55. The number of halogens is 1. The van der Waals surface area contributed by atoms with Gasteiger partial charge in [0.1, 0.15) is 36.3 Å². The molecule has 0 amide bonds. The summed E-state index contributed by atoms with van der Waals surface area (Å²) in [7, 11) is -7.66. The van der Waals surface area contributed by atoms with Gasteiger partial charge in [-0.3, -0.25) is 27.5 Å². The third-order valence-corrected chi connectivity index (χ3v) is 10.1. The largest absolute Gasteiger partial charge is 0.472 e. The molecule has 4 aromatic heterocycles. The van der Waals surface area contributed by atoms with Crippen LogP contribution in [0.25, 0.3) is 22.3 Å². The fourth-order valence-corrected chi connectivity index (χ4v) is 8.19. The summed E-state index contributed by atoms with van der Waals surface area (Å²) in [5.41, 5.74) is 5.83. The number of aliphatic hydroxyl groups excluding tert-OH is 1. The van der Waals surface area contributed by atoms with E-state index in [9.17, 15) is 23.9 Å². The molecule has 2 bridgehead atoms. The van der Waals surface area contributed by atoms with Gasteiger partial charge in [0.15, 0.2) is 35.0 Å². The normalized spacial score (nSPS) is 38.0. The van der Waals surface area contributed by atoms with E-state index in [2.05, 4.69) is 24.9 Å². The van der Waals surface area contributed by atoms with E-state index in [1.165, 1.54) is 39.7 Å². The van der Waals surface area contributed by atoms with E-state index < -0.39 is 76.5 Å². The number of nitrogen functional groups attached to an aromatic ring is 1. The molecule has 2 saturated heterocycles. The van der Waals surface area contributed by atoms with Gasteiger partial charge in [-0.05, 0) is 0 Å². The lowest BCUT2D eigenvalue weighted by atomic mass is 10.1. The molecule has 0 aromatic carbocycles. The second-order valence-corrected chi connectivity index (χ2v) is 14.1. The predicted octanol–water partition coefficient (Wildman–Crippen LogP) is 0.202. The Bertz CT molecular complexity index is 1920. The number of fused-ring (bicyclic) bond motifs is 5. The Morgan fingerprint density at radius 1 is 0.977 bits per heavy atom. The van der Waals surface area contributed by atoms with Crippen molar-refractivity contribution in [3.05, 3.63) is 35.7 Å². The highest BCUT2D eigenvalue weighted by Crippen LogP contribution is 2.57. The maximum Gasteiger partial charge on any atom is 0.472 e. The van der Waals surface area contributed by atoms with E-state index >= 15 is 4.39 Å². The lowest BCUT2D eigenvalue weighted by molar-refractivity contribution is -0.0612. The molecule has 7 rings (SSSR count). The number of nitrogens with zero attached hydrogens (tertiary/aromatic N) is 8. The quantitative estimate of drug-likeness (QED) is 0.244. The summed E-state index contributed by atoms with van der Waals surface area (Å²) in [5.74, 6) is 0.0481. The number of phosphoric acid groups is 1. The van der Waals surface area contributed by atoms with Gasteiger partial charge < -0.3 is 34.1 Å². The van der Waals surface area contributed by atoms with Gasteiger partial charge >= 0.3 is 15.4 Å². The first-order valence-electron chi connectivity index (χ1n) is 13.2. The summed E-state index contributed by atoms with van der Waals surface area (Å²) in [5, 5.41) is 11.2. The van der Waals surface area contributed by atoms with E-state index in [0.717, 1.165) is 13.0 Å². The fraction of sp³-hybridized carbons (Fsp3) is 0.545. The molecule has 1 saturated carbocycles. The Morgan fingerprint density at radius 2 is 1.70 bits per heavy atom. The van der Waals surface area contributed by atoms with Crippen LogP contribution in [0.2, 0.25) is 0 Å². The predicted molar refractivity (Wildman–Crippen MR) is 145 cm³/mol. The molecule has 1 aliphatic carbocycles. The second-order valence-electron chi connectivity index (χ2n) is 10.7. The van der Waals surface area contributed by atoms with Crippen molar-refractivity contribution in [1.82, 2.24) is 38.6 Å². The molecule has 6 heterocycles. The Hall–Kier alpha value is -3.19. The fourth-order valence-electron chi connectivity index (χ4n) is 5.78. The van der Waals surface area contributed by atoms with Crippen LogP contribution < -0.4 is 11.3 Å². The van der Waals surface area contributed by atoms with Crippen LogP contribution in [0.4, 0.5) is 10.2 Å². The Balaban J connectivity index is 1.22. The minimum absolute atomic E-state index is 0.00629. The number of nitrogens with two attached hydrogens (primary N) is 1. The molecule has 236 valence electrons. The molecular weight excluding hydrogens is 631 g/mol. The van der Waals surface area contributed by atoms with E-state index in [1.807, 2.05) is 0 Å². The number of aryl methyl sites for hydroxylation is 1. The van der Waals surface area contributed by atoms with Crippen molar-refractivity contribution in [1.29, 1.82) is 0 Å². The molecule has 2 unspecified atom stereocenters. The van der Waals surface area contributed by atoms with Crippen molar-refractivity contribution in [2.24, 2.45) is 7.05 Å². The average Bonchev–Trinajstić information content (AvgIpc) is 3.72. The minimum Gasteiger partial charge on any atom is -0.388 e. The molecule has 3 aliphatic rings. The van der Waals surface area contributed by atoms with E-state index in [0.29, 0.717) is 0 Å². The lowest BCUT2D eigenvalue weighted by Crippen LogP contribution is -2.37. The van der Waals surface area contributed by atoms with Gasteiger partial charge in [0, 0.05) is 20.1 Å². The molecule has 2 aliphatic heterocycles. The van der Waals surface area contributed by atoms with Crippen molar-refractivity contribution in [2.45, 2.75) is 55.4 Å². The molecule has 10 atom stereocenters. The Labute approximate surface area is 245 Å². The summed E-state index contributed by atoms with van der Waals surface area (Å²) in [6, 6.07) is -0.984. The van der Waals surface area contributed by atoms with Gasteiger partial charge in [-0.2, -0.15) is 0 Å². The standard InChI is InChI=1S/C22H26FN9O10P2/c1-30-6-29-20-14(21(30)34)28-7-31(20)9-3-10-15(33)16(9)42-44(36,37)38-4-11-17(41-43(2,35)40-10)12(23)22(39-11)32-8-27-13-18(24)25-5-26-19(13)32/h5-12,15-17,22,33H,3-4H2,1-2H3,(H,36,37)(H2,24,25,26)/t9-,10+,11-,12-,15-,16+,17-,22-,43?/m1/s1. The SMILES string of the molecule is Cn1cnc2c(ncn2[C@@H]2C[C@@H]3OP(C)(=O)O[C@H]4[C@@H](F)[C@H](n5cnc6c(N)ncnc65)O[C@@H]4COP(=O)(O)O[C@@H]2[C@@H]3O)c1=O. The monoisotopic (exact) mass is 657 g/mol. The number of anilines is 1. The van der Waals surface area contributed by atoms with Crippen LogP contribution >= 0.6 is 15.4 Å². The van der Waals surface area contributed by atoms with Crippen LogP contribution in [0, 0.1) is 0 Å². The number of hydrogen-bond donors (Lipinski definition) is 3. The first-order chi connectivity index (χ1) is 20.8. The first-order valence-corrected chi connectivity index (χ1v) is 16.7. The van der Waals surface area contributed by atoms with Gasteiger partial charge in [0.05, 0.1) is 37.7 Å². The molecule has 4 N–H and O–H groups in total. The topological polar surface area (TPSA) is 243 Å². The number of imidazole rings is 2. The van der Waals surface area contributed by atoms with Crippen LogP contribution in [0.15, 0.2) is 30.1 Å². The van der Waals surface area contributed by atoms with Crippen LogP contribution in [0.5, 0.6) is 0 Å². The first kappa shape index (κ1) is 29.5. The highest BCUT2D eigenvalue weighted by molar-refractivity contribution is 7.53. The molecule has 19 nitrogen and oxygen atoms in total. The number of rotatable bonds is 2. The zero-order valence-corrected chi connectivity index (χ0v) is 24.7. The number of aromatic nitrogens is 8. The van der Waals surface area contributed by atoms with Crippen molar-refractivity contribution in [2.75, 3.05) is 19.0 Å². The van der Waals surface area contributed by atoms with Gasteiger partial charge in [-0.15, -0.1) is 0 Å². The molecule has 3 fully saturated rings. The average molecular weight is 657 g/mol. The molecule has 22 heteroatoms. The second kappa shape index (κ2) is 10.4. The third kappa shape index (κ3) is 4.86. The van der Waals surface area contributed by atoms with Crippen LogP contribution in [0.3, 0.4) is 0 Å². The lowest BCUT2D eigenvalue weighted by Gasteiger charge is -2.29. The van der Waals surface area contributed by atoms with Crippen LogP contribution in [-0.2, 0) is 39.0 Å². The molecule has 4 aromatic rings. The minimum atomic E-state index is -4.98. The van der Waals surface area contributed by atoms with Gasteiger partial charge in [0.25, 0.3) is 5.56 Å². The van der Waals surface area contributed by atoms with Crippen LogP contribution in [0.1, 0.15) is 18.7 Å². The zero-order valence-electron chi connectivity index (χ0n) is 22.9. The summed E-state index contributed by atoms with van der Waals surface area (Å²) in [4.78, 5) is 43.6. The smallest absolute Gasteiger partial charge is 0.388 e. The van der Waals surface area contributed by atoms with Gasteiger partial charge in [-0.25, -0.2) is 33.9 Å². The Kier molecular flexibility index (Phi) is 7.00. The molecule has 0 spiro atoms.